The SMILES string of the molecule is CC(C)(C)OC(=O)N1CCCC1(COCc1ccccc1)C(=O)NC1C2CC3CC1CC(O)(C3)C2. The lowest BCUT2D eigenvalue weighted by atomic mass is 9.52. The minimum absolute atomic E-state index is 0.0476. The van der Waals surface area contributed by atoms with E-state index in [1.54, 1.807) is 4.90 Å². The van der Waals surface area contributed by atoms with Crippen LogP contribution in [0.3, 0.4) is 0 Å². The van der Waals surface area contributed by atoms with Crippen LogP contribution in [0, 0.1) is 17.8 Å². The van der Waals surface area contributed by atoms with Crippen molar-refractivity contribution in [2.45, 2.75) is 95.1 Å². The van der Waals surface area contributed by atoms with E-state index in [9.17, 15) is 14.7 Å². The predicted octanol–water partition coefficient (Wildman–Crippen LogP) is 4.03. The van der Waals surface area contributed by atoms with Crippen LogP contribution in [0.25, 0.3) is 0 Å². The maximum Gasteiger partial charge on any atom is 0.411 e. The summed E-state index contributed by atoms with van der Waals surface area (Å²) in [6.07, 6.45) is 5.37. The molecule has 1 aromatic rings. The predicted molar refractivity (Wildman–Crippen MR) is 131 cm³/mol. The van der Waals surface area contributed by atoms with Crippen LogP contribution < -0.4 is 5.32 Å². The molecule has 35 heavy (non-hydrogen) atoms. The van der Waals surface area contributed by atoms with Crippen molar-refractivity contribution in [3.63, 3.8) is 0 Å². The maximum absolute atomic E-state index is 14.1. The van der Waals surface area contributed by atoms with E-state index in [2.05, 4.69) is 5.32 Å². The number of likely N-dealkylation sites (tertiary alicyclic amines) is 1. The van der Waals surface area contributed by atoms with E-state index in [-0.39, 0.29) is 18.6 Å². The molecule has 1 saturated heterocycles. The van der Waals surface area contributed by atoms with Crippen LogP contribution in [0.15, 0.2) is 30.3 Å². The lowest BCUT2D eigenvalue weighted by Crippen LogP contribution is -2.67. The number of hydrogen-bond acceptors (Lipinski definition) is 5. The minimum Gasteiger partial charge on any atom is -0.444 e. The number of hydrogen-bond donors (Lipinski definition) is 2. The summed E-state index contributed by atoms with van der Waals surface area (Å²) in [6.45, 7) is 6.50. The average Bonchev–Trinajstić information content (AvgIpc) is 3.20. The van der Waals surface area contributed by atoms with E-state index in [4.69, 9.17) is 9.47 Å². The van der Waals surface area contributed by atoms with Gasteiger partial charge in [0.1, 0.15) is 11.1 Å². The van der Waals surface area contributed by atoms with Crippen molar-refractivity contribution in [3.8, 4) is 0 Å². The van der Waals surface area contributed by atoms with Gasteiger partial charge in [-0.05, 0) is 89.0 Å². The van der Waals surface area contributed by atoms with E-state index in [0.717, 1.165) is 44.1 Å². The lowest BCUT2D eigenvalue weighted by Gasteiger charge is -2.58. The second-order valence-corrected chi connectivity index (χ2v) is 12.4. The van der Waals surface area contributed by atoms with E-state index in [0.29, 0.717) is 37.3 Å². The Labute approximate surface area is 208 Å². The summed E-state index contributed by atoms with van der Waals surface area (Å²) >= 11 is 0. The smallest absolute Gasteiger partial charge is 0.411 e. The second kappa shape index (κ2) is 9.07. The Balaban J connectivity index is 1.35. The average molecular weight is 485 g/mol. The molecule has 4 bridgehead atoms. The summed E-state index contributed by atoms with van der Waals surface area (Å²) < 4.78 is 11.8. The summed E-state index contributed by atoms with van der Waals surface area (Å²) in [5.41, 5.74) is -1.27. The summed E-state index contributed by atoms with van der Waals surface area (Å²) in [7, 11) is 0. The van der Waals surface area contributed by atoms with Crippen LogP contribution >= 0.6 is 0 Å². The van der Waals surface area contributed by atoms with Crippen molar-refractivity contribution in [1.29, 1.82) is 0 Å². The topological polar surface area (TPSA) is 88.1 Å². The number of nitrogens with zero attached hydrogens (tertiary/aromatic N) is 1. The molecule has 0 spiro atoms. The number of amides is 2. The fourth-order valence-electron chi connectivity index (χ4n) is 7.33. The summed E-state index contributed by atoms with van der Waals surface area (Å²) in [4.78, 5) is 28.9. The third-order valence-corrected chi connectivity index (χ3v) is 8.52. The highest BCUT2D eigenvalue weighted by Gasteiger charge is 2.57. The molecule has 5 aliphatic rings. The number of rotatable bonds is 6. The van der Waals surface area contributed by atoms with Gasteiger partial charge in [-0.15, -0.1) is 0 Å². The highest BCUT2D eigenvalue weighted by molar-refractivity contribution is 5.91. The first-order chi connectivity index (χ1) is 16.6. The van der Waals surface area contributed by atoms with Gasteiger partial charge in [-0.1, -0.05) is 30.3 Å². The first-order valence-corrected chi connectivity index (χ1v) is 13.2. The molecule has 6 rings (SSSR count). The van der Waals surface area contributed by atoms with Gasteiger partial charge in [-0.2, -0.15) is 0 Å². The van der Waals surface area contributed by atoms with Crippen LogP contribution in [0.2, 0.25) is 0 Å². The fourth-order valence-corrected chi connectivity index (χ4v) is 7.33. The molecule has 2 amide bonds. The minimum atomic E-state index is -1.09. The van der Waals surface area contributed by atoms with Crippen LogP contribution in [0.4, 0.5) is 4.79 Å². The normalized spacial score (nSPS) is 35.8. The van der Waals surface area contributed by atoms with Crippen LogP contribution in [-0.2, 0) is 20.9 Å². The van der Waals surface area contributed by atoms with Crippen molar-refractivity contribution in [2.75, 3.05) is 13.2 Å². The third-order valence-electron chi connectivity index (χ3n) is 8.52. The number of carbonyl (C=O) groups excluding carboxylic acids is 2. The molecule has 1 aromatic carbocycles. The molecule has 0 aromatic heterocycles. The molecule has 5 fully saturated rings. The van der Waals surface area contributed by atoms with Gasteiger partial charge in [0.15, 0.2) is 0 Å². The largest absolute Gasteiger partial charge is 0.444 e. The molecule has 192 valence electrons. The maximum atomic E-state index is 14.1. The van der Waals surface area contributed by atoms with Crippen molar-refractivity contribution < 1.29 is 24.2 Å². The molecule has 2 N–H and O–H groups in total. The highest BCUT2D eigenvalue weighted by Crippen LogP contribution is 2.55. The summed E-state index contributed by atoms with van der Waals surface area (Å²) in [5.74, 6) is 1.03. The van der Waals surface area contributed by atoms with Crippen LogP contribution in [0.5, 0.6) is 0 Å². The monoisotopic (exact) mass is 484 g/mol. The van der Waals surface area contributed by atoms with Gasteiger partial charge in [-0.3, -0.25) is 9.69 Å². The van der Waals surface area contributed by atoms with Crippen molar-refractivity contribution in [3.05, 3.63) is 35.9 Å². The zero-order valence-corrected chi connectivity index (χ0v) is 21.3. The van der Waals surface area contributed by atoms with E-state index in [1.165, 1.54) is 0 Å². The molecule has 1 aliphatic heterocycles. The number of carbonyl (C=O) groups is 2. The highest BCUT2D eigenvalue weighted by atomic mass is 16.6. The van der Waals surface area contributed by atoms with E-state index >= 15 is 0 Å². The Morgan fingerprint density at radius 1 is 1.11 bits per heavy atom. The molecule has 1 heterocycles. The van der Waals surface area contributed by atoms with Gasteiger partial charge >= 0.3 is 6.09 Å². The van der Waals surface area contributed by atoms with Crippen molar-refractivity contribution >= 4 is 12.0 Å². The molecule has 3 atom stereocenters. The van der Waals surface area contributed by atoms with Gasteiger partial charge in [-0.25, -0.2) is 4.79 Å². The third kappa shape index (κ3) is 4.94. The number of aliphatic hydroxyl groups is 1. The zero-order valence-electron chi connectivity index (χ0n) is 21.3. The molecule has 7 heteroatoms. The van der Waals surface area contributed by atoms with Crippen LogP contribution in [-0.4, -0.2) is 57.9 Å². The first kappa shape index (κ1) is 24.6. The molecule has 4 saturated carbocycles. The number of ether oxygens (including phenoxy) is 2. The molecule has 7 nitrogen and oxygen atoms in total. The lowest BCUT2D eigenvalue weighted by molar-refractivity contribution is -0.153. The molecule has 4 aliphatic carbocycles. The molecule has 3 unspecified atom stereocenters. The van der Waals surface area contributed by atoms with Crippen molar-refractivity contribution in [2.24, 2.45) is 17.8 Å². The van der Waals surface area contributed by atoms with Gasteiger partial charge in [0.05, 0.1) is 18.8 Å². The Hall–Kier alpha value is -2.12. The standard InChI is InChI=1S/C28H40N2O5/c1-26(2,3)35-25(32)30-11-7-10-28(30,18-34-17-19-8-5-4-6-9-19)24(31)29-23-21-12-20-13-22(23)16-27(33,14-20)15-21/h4-6,8-9,20-23,33H,7,10-18H2,1-3H3,(H,29,31). The first-order valence-electron chi connectivity index (χ1n) is 13.2. The fraction of sp³-hybridized carbons (Fsp3) is 0.714. The van der Waals surface area contributed by atoms with Gasteiger partial charge in [0.2, 0.25) is 5.91 Å². The summed E-state index contributed by atoms with van der Waals surface area (Å²) in [5, 5.41) is 14.3. The van der Waals surface area contributed by atoms with Gasteiger partial charge in [0.25, 0.3) is 0 Å². The molecule has 0 radical (unpaired) electrons. The van der Waals surface area contributed by atoms with Gasteiger partial charge < -0.3 is 19.9 Å². The van der Waals surface area contributed by atoms with Gasteiger partial charge in [0, 0.05) is 12.6 Å². The van der Waals surface area contributed by atoms with E-state index in [1.807, 2.05) is 51.1 Å². The zero-order chi connectivity index (χ0) is 24.8. The Kier molecular flexibility index (Phi) is 6.37. The molecular weight excluding hydrogens is 444 g/mol. The van der Waals surface area contributed by atoms with Crippen molar-refractivity contribution in [1.82, 2.24) is 10.2 Å². The summed E-state index contributed by atoms with van der Waals surface area (Å²) in [6, 6.07) is 9.92. The Morgan fingerprint density at radius 2 is 1.80 bits per heavy atom. The Bertz CT molecular complexity index is 928. The Morgan fingerprint density at radius 3 is 2.43 bits per heavy atom. The number of nitrogens with one attached hydrogen (secondary N) is 1. The molecular formula is C28H40N2O5. The quantitative estimate of drug-likeness (QED) is 0.637. The van der Waals surface area contributed by atoms with Crippen LogP contribution in [0.1, 0.15) is 71.3 Å². The van der Waals surface area contributed by atoms with E-state index < -0.39 is 22.8 Å². The number of benzene rings is 1. The second-order valence-electron chi connectivity index (χ2n) is 12.4.